The first-order valence-corrected chi connectivity index (χ1v) is 10.5. The van der Waals surface area contributed by atoms with Gasteiger partial charge in [-0.05, 0) is 30.2 Å². The van der Waals surface area contributed by atoms with Gasteiger partial charge in [0, 0.05) is 25.7 Å². The second-order valence-corrected chi connectivity index (χ2v) is 8.17. The molecule has 1 aromatic carbocycles. The summed E-state index contributed by atoms with van der Waals surface area (Å²) < 4.78 is 48.9. The molecule has 1 fully saturated rings. The molecule has 2 aliphatic rings. The summed E-state index contributed by atoms with van der Waals surface area (Å²) in [5, 5.41) is 9.41. The van der Waals surface area contributed by atoms with Gasteiger partial charge in [-0.1, -0.05) is 0 Å². The van der Waals surface area contributed by atoms with Gasteiger partial charge in [-0.3, -0.25) is 4.68 Å². The molecule has 1 unspecified atom stereocenters. The summed E-state index contributed by atoms with van der Waals surface area (Å²) in [5.74, 6) is -2.10. The Morgan fingerprint density at radius 1 is 1.12 bits per heavy atom. The number of amides is 2. The number of aryl methyl sites for hydroxylation is 2. The van der Waals surface area contributed by atoms with Crippen LogP contribution in [0.3, 0.4) is 0 Å². The van der Waals surface area contributed by atoms with Crippen LogP contribution >= 0.6 is 0 Å². The van der Waals surface area contributed by atoms with Crippen molar-refractivity contribution in [2.24, 2.45) is 12.1 Å². The fourth-order valence-corrected chi connectivity index (χ4v) is 4.03. The number of aromatic nitrogens is 4. The van der Waals surface area contributed by atoms with Gasteiger partial charge in [-0.15, -0.1) is 0 Å². The number of likely N-dealkylation sites (tertiary alicyclic amines) is 1. The summed E-state index contributed by atoms with van der Waals surface area (Å²) in [6.45, 7) is 2.20. The van der Waals surface area contributed by atoms with Crippen molar-refractivity contribution in [1.29, 1.82) is 0 Å². The third-order valence-corrected chi connectivity index (χ3v) is 5.74. The van der Waals surface area contributed by atoms with Crippen molar-refractivity contribution in [3.8, 4) is 17.4 Å². The Kier molecular flexibility index (Phi) is 5.42. The molecule has 0 N–H and O–H groups in total. The summed E-state index contributed by atoms with van der Waals surface area (Å²) in [5.41, 5.74) is 1.79. The largest absolute Gasteiger partial charge is 0.468 e. The minimum Gasteiger partial charge on any atom is -0.468 e. The molecule has 2 aliphatic heterocycles. The molecule has 0 bridgehead atoms. The highest BCUT2D eigenvalue weighted by molar-refractivity contribution is 5.79. The Hall–Kier alpha value is -3.96. The number of carbonyl (C=O) groups excluding carboxylic acids is 1. The van der Waals surface area contributed by atoms with Crippen LogP contribution in [0.4, 0.5) is 18.0 Å². The normalized spacial score (nSPS) is 17.9. The van der Waals surface area contributed by atoms with Gasteiger partial charge in [0.2, 0.25) is 5.82 Å². The van der Waals surface area contributed by atoms with Crippen LogP contribution < -0.4 is 4.74 Å². The predicted octanol–water partition coefficient (Wildman–Crippen LogP) is 3.22. The number of hydrogen-bond acceptors (Lipinski definition) is 6. The number of urea groups is 1. The van der Waals surface area contributed by atoms with E-state index < -0.39 is 35.6 Å². The van der Waals surface area contributed by atoms with E-state index in [9.17, 15) is 18.0 Å². The first-order valence-electron chi connectivity index (χ1n) is 10.5. The van der Waals surface area contributed by atoms with Crippen LogP contribution in [0.5, 0.6) is 5.88 Å². The molecule has 0 aliphatic carbocycles. The maximum Gasteiger partial charge on any atom is 0.341 e. The molecule has 4 heterocycles. The van der Waals surface area contributed by atoms with Gasteiger partial charge in [0.05, 0.1) is 31.5 Å². The Bertz CT molecular complexity index is 1250. The summed E-state index contributed by atoms with van der Waals surface area (Å²) in [6, 6.07) is 2.10. The molecule has 176 valence electrons. The molecule has 0 radical (unpaired) electrons. The van der Waals surface area contributed by atoms with E-state index in [1.54, 1.807) is 17.9 Å². The van der Waals surface area contributed by atoms with Crippen molar-refractivity contribution in [1.82, 2.24) is 29.7 Å². The first kappa shape index (κ1) is 21.9. The van der Waals surface area contributed by atoms with Crippen LogP contribution in [0.25, 0.3) is 11.5 Å². The van der Waals surface area contributed by atoms with Gasteiger partial charge in [-0.25, -0.2) is 23.6 Å². The van der Waals surface area contributed by atoms with Crippen LogP contribution in [0.2, 0.25) is 0 Å². The van der Waals surface area contributed by atoms with Crippen molar-refractivity contribution < 1.29 is 22.7 Å². The first-order chi connectivity index (χ1) is 16.3. The van der Waals surface area contributed by atoms with Gasteiger partial charge >= 0.3 is 6.03 Å². The zero-order valence-electron chi connectivity index (χ0n) is 18.3. The Labute approximate surface area is 192 Å². The molecule has 3 aromatic rings. The SMILES string of the molecule is Cc1cnn(C)c1-c1ncc(F)c(OC2CN(C(=O)N3N=CCC3c3cc(F)cc(F)c3)C2)n1. The number of rotatable bonds is 4. The van der Waals surface area contributed by atoms with Gasteiger partial charge < -0.3 is 9.64 Å². The highest BCUT2D eigenvalue weighted by Crippen LogP contribution is 2.32. The molecular weight excluding hydrogens is 451 g/mol. The monoisotopic (exact) mass is 471 g/mol. The molecule has 2 aromatic heterocycles. The van der Waals surface area contributed by atoms with Crippen LogP contribution in [-0.2, 0) is 7.05 Å². The molecule has 34 heavy (non-hydrogen) atoms. The number of nitrogens with zero attached hydrogens (tertiary/aromatic N) is 7. The summed E-state index contributed by atoms with van der Waals surface area (Å²) in [7, 11) is 1.73. The van der Waals surface area contributed by atoms with Crippen molar-refractivity contribution in [3.63, 3.8) is 0 Å². The van der Waals surface area contributed by atoms with Crippen molar-refractivity contribution in [2.45, 2.75) is 25.5 Å². The van der Waals surface area contributed by atoms with Crippen molar-refractivity contribution in [3.05, 3.63) is 59.2 Å². The van der Waals surface area contributed by atoms with Crippen LogP contribution in [0.15, 0.2) is 35.7 Å². The fourth-order valence-electron chi connectivity index (χ4n) is 4.03. The van der Waals surface area contributed by atoms with Crippen LogP contribution in [0.1, 0.15) is 23.6 Å². The molecule has 2 amide bonds. The van der Waals surface area contributed by atoms with Gasteiger partial charge in [-0.2, -0.15) is 19.6 Å². The number of carbonyl (C=O) groups is 1. The summed E-state index contributed by atoms with van der Waals surface area (Å²) >= 11 is 0. The molecule has 5 rings (SSSR count). The van der Waals surface area contributed by atoms with Crippen molar-refractivity contribution in [2.75, 3.05) is 13.1 Å². The van der Waals surface area contributed by atoms with E-state index >= 15 is 0 Å². The fraction of sp³-hybridized carbons (Fsp3) is 0.318. The lowest BCUT2D eigenvalue weighted by atomic mass is 10.0. The van der Waals surface area contributed by atoms with Crippen molar-refractivity contribution >= 4 is 12.2 Å². The number of hydrazone groups is 1. The molecule has 9 nitrogen and oxygen atoms in total. The minimum absolute atomic E-state index is 0.179. The van der Waals surface area contributed by atoms with E-state index in [1.807, 2.05) is 6.92 Å². The van der Waals surface area contributed by atoms with Gasteiger partial charge in [0.1, 0.15) is 23.4 Å². The Morgan fingerprint density at radius 2 is 1.85 bits per heavy atom. The van der Waals surface area contributed by atoms with E-state index in [1.165, 1.54) is 28.3 Å². The smallest absolute Gasteiger partial charge is 0.341 e. The third kappa shape index (κ3) is 3.95. The summed E-state index contributed by atoms with van der Waals surface area (Å²) in [6.07, 6.45) is 4.07. The second kappa shape index (κ2) is 8.43. The second-order valence-electron chi connectivity index (χ2n) is 8.17. The lowest BCUT2D eigenvalue weighted by Gasteiger charge is -2.40. The Balaban J connectivity index is 1.25. The lowest BCUT2D eigenvalue weighted by Crippen LogP contribution is -2.59. The third-order valence-electron chi connectivity index (χ3n) is 5.74. The van der Waals surface area contributed by atoms with E-state index in [0.717, 1.165) is 17.8 Å². The molecule has 1 saturated heterocycles. The summed E-state index contributed by atoms with van der Waals surface area (Å²) in [4.78, 5) is 22.6. The van der Waals surface area contributed by atoms with Gasteiger partial charge in [0.15, 0.2) is 5.82 Å². The van der Waals surface area contributed by atoms with E-state index in [4.69, 9.17) is 4.74 Å². The molecular formula is C22H20F3N7O2. The average molecular weight is 471 g/mol. The highest BCUT2D eigenvalue weighted by atomic mass is 19.1. The molecule has 0 spiro atoms. The van der Waals surface area contributed by atoms with E-state index in [2.05, 4.69) is 20.2 Å². The number of ether oxygens (including phenoxy) is 1. The highest BCUT2D eigenvalue weighted by Gasteiger charge is 2.39. The maximum atomic E-state index is 14.3. The maximum absolute atomic E-state index is 14.3. The number of halogens is 3. The van der Waals surface area contributed by atoms with Gasteiger partial charge in [0.25, 0.3) is 5.88 Å². The zero-order chi connectivity index (χ0) is 24.0. The molecule has 12 heteroatoms. The molecule has 1 atom stereocenters. The zero-order valence-corrected chi connectivity index (χ0v) is 18.3. The lowest BCUT2D eigenvalue weighted by molar-refractivity contribution is 0.0230. The standard InChI is InChI=1S/C22H20F3N7O2/c1-12-8-28-30(2)19(12)20-26-9-17(25)21(29-20)34-16-10-31(11-16)22(33)32-18(3-4-27-32)13-5-14(23)7-15(24)6-13/h4-9,16,18H,3,10-11H2,1-2H3. The predicted molar refractivity (Wildman–Crippen MR) is 114 cm³/mol. The van der Waals surface area contributed by atoms with E-state index in [-0.39, 0.29) is 24.8 Å². The number of hydrogen-bond donors (Lipinski definition) is 0. The minimum atomic E-state index is -0.723. The quantitative estimate of drug-likeness (QED) is 0.583. The van der Waals surface area contributed by atoms with Crippen LogP contribution in [-0.4, -0.2) is 61.1 Å². The average Bonchev–Trinajstić information content (AvgIpc) is 3.37. The Morgan fingerprint density at radius 3 is 2.53 bits per heavy atom. The topological polar surface area (TPSA) is 88.7 Å². The molecule has 0 saturated carbocycles. The number of benzene rings is 1. The van der Waals surface area contributed by atoms with Crippen LogP contribution in [0, 0.1) is 24.4 Å². The van der Waals surface area contributed by atoms with E-state index in [0.29, 0.717) is 17.7 Å².